The van der Waals surface area contributed by atoms with E-state index in [1.165, 1.54) is 0 Å². The van der Waals surface area contributed by atoms with Gasteiger partial charge in [0.1, 0.15) is 0 Å². The molecule has 1 heterocycles. The SMILES string of the molecule is C=CCNC(N)=NCC1CCC(C)(C)O1. The zero-order valence-corrected chi connectivity index (χ0v) is 9.62. The highest BCUT2D eigenvalue weighted by atomic mass is 16.5. The summed E-state index contributed by atoms with van der Waals surface area (Å²) in [6.07, 6.45) is 4.11. The summed E-state index contributed by atoms with van der Waals surface area (Å²) < 4.78 is 5.79. The van der Waals surface area contributed by atoms with Crippen LogP contribution < -0.4 is 11.1 Å². The maximum Gasteiger partial charge on any atom is 0.188 e. The largest absolute Gasteiger partial charge is 0.370 e. The summed E-state index contributed by atoms with van der Waals surface area (Å²) in [4.78, 5) is 4.22. The van der Waals surface area contributed by atoms with Crippen LogP contribution in [0.4, 0.5) is 0 Å². The van der Waals surface area contributed by atoms with E-state index in [1.807, 2.05) is 0 Å². The second kappa shape index (κ2) is 5.16. The van der Waals surface area contributed by atoms with Gasteiger partial charge in [0.25, 0.3) is 0 Å². The molecule has 0 aliphatic carbocycles. The smallest absolute Gasteiger partial charge is 0.188 e. The minimum Gasteiger partial charge on any atom is -0.370 e. The van der Waals surface area contributed by atoms with Crippen LogP contribution in [0.3, 0.4) is 0 Å². The maximum atomic E-state index is 5.79. The number of ether oxygens (including phenoxy) is 1. The van der Waals surface area contributed by atoms with Gasteiger partial charge in [-0.05, 0) is 26.7 Å². The van der Waals surface area contributed by atoms with Crippen LogP contribution in [0.25, 0.3) is 0 Å². The van der Waals surface area contributed by atoms with Gasteiger partial charge in [-0.15, -0.1) is 6.58 Å². The van der Waals surface area contributed by atoms with Crippen molar-refractivity contribution in [2.24, 2.45) is 10.7 Å². The van der Waals surface area contributed by atoms with Gasteiger partial charge in [0.15, 0.2) is 5.96 Å². The molecule has 15 heavy (non-hydrogen) atoms. The highest BCUT2D eigenvalue weighted by molar-refractivity contribution is 5.77. The lowest BCUT2D eigenvalue weighted by Gasteiger charge is -2.18. The summed E-state index contributed by atoms with van der Waals surface area (Å²) in [6, 6.07) is 0. The van der Waals surface area contributed by atoms with Crippen LogP contribution >= 0.6 is 0 Å². The highest BCUT2D eigenvalue weighted by Crippen LogP contribution is 2.29. The molecule has 0 radical (unpaired) electrons. The normalized spacial score (nSPS) is 25.2. The van der Waals surface area contributed by atoms with Crippen molar-refractivity contribution in [2.45, 2.75) is 38.4 Å². The number of nitrogens with one attached hydrogen (secondary N) is 1. The standard InChI is InChI=1S/C11H21N3O/c1-4-7-13-10(12)14-8-9-5-6-11(2,3)15-9/h4,9H,1,5-8H2,2-3H3,(H3,12,13,14). The van der Waals surface area contributed by atoms with Crippen molar-refractivity contribution in [1.82, 2.24) is 5.32 Å². The summed E-state index contributed by atoms with van der Waals surface area (Å²) in [5.41, 5.74) is 5.64. The van der Waals surface area contributed by atoms with Crippen molar-refractivity contribution in [3.63, 3.8) is 0 Å². The molecular formula is C11H21N3O. The third kappa shape index (κ3) is 4.34. The summed E-state index contributed by atoms with van der Waals surface area (Å²) in [5.74, 6) is 0.461. The van der Waals surface area contributed by atoms with Crippen LogP contribution in [0.5, 0.6) is 0 Å². The van der Waals surface area contributed by atoms with E-state index in [-0.39, 0.29) is 11.7 Å². The minimum absolute atomic E-state index is 0.00347. The van der Waals surface area contributed by atoms with E-state index in [1.54, 1.807) is 6.08 Å². The Labute approximate surface area is 91.6 Å². The summed E-state index contributed by atoms with van der Waals surface area (Å²) in [6.45, 7) is 9.09. The summed E-state index contributed by atoms with van der Waals surface area (Å²) in [7, 11) is 0. The van der Waals surface area contributed by atoms with E-state index in [4.69, 9.17) is 10.5 Å². The zero-order chi connectivity index (χ0) is 11.3. The molecule has 0 amide bonds. The van der Waals surface area contributed by atoms with Crippen molar-refractivity contribution in [2.75, 3.05) is 13.1 Å². The van der Waals surface area contributed by atoms with Crippen molar-refractivity contribution in [3.05, 3.63) is 12.7 Å². The Hall–Kier alpha value is -1.03. The van der Waals surface area contributed by atoms with E-state index >= 15 is 0 Å². The highest BCUT2D eigenvalue weighted by Gasteiger charge is 2.31. The topological polar surface area (TPSA) is 59.6 Å². The van der Waals surface area contributed by atoms with E-state index in [0.717, 1.165) is 12.8 Å². The molecule has 0 saturated carbocycles. The third-order valence-electron chi connectivity index (χ3n) is 2.45. The molecule has 1 aliphatic heterocycles. The molecular weight excluding hydrogens is 190 g/mol. The molecule has 1 atom stereocenters. The first-order valence-electron chi connectivity index (χ1n) is 5.36. The Balaban J connectivity index is 2.28. The molecule has 0 aromatic heterocycles. The van der Waals surface area contributed by atoms with Gasteiger partial charge in [-0.2, -0.15) is 0 Å². The molecule has 0 aromatic carbocycles. The zero-order valence-electron chi connectivity index (χ0n) is 9.62. The van der Waals surface area contributed by atoms with Crippen LogP contribution in [0.1, 0.15) is 26.7 Å². The average Bonchev–Trinajstić information content (AvgIpc) is 2.52. The first-order valence-corrected chi connectivity index (χ1v) is 5.36. The van der Waals surface area contributed by atoms with Crippen molar-refractivity contribution >= 4 is 5.96 Å². The number of hydrogen-bond acceptors (Lipinski definition) is 2. The number of aliphatic imine (C=N–C) groups is 1. The van der Waals surface area contributed by atoms with Gasteiger partial charge >= 0.3 is 0 Å². The van der Waals surface area contributed by atoms with Gasteiger partial charge in [0.05, 0.1) is 18.2 Å². The van der Waals surface area contributed by atoms with Gasteiger partial charge in [0.2, 0.25) is 0 Å². The second-order valence-electron chi connectivity index (χ2n) is 4.43. The molecule has 1 unspecified atom stereocenters. The molecule has 1 fully saturated rings. The summed E-state index contributed by atoms with van der Waals surface area (Å²) >= 11 is 0. The Kier molecular flexibility index (Phi) is 4.15. The molecule has 1 saturated heterocycles. The predicted octanol–water partition coefficient (Wildman–Crippen LogP) is 1.03. The molecule has 1 aliphatic rings. The molecule has 1 rings (SSSR count). The van der Waals surface area contributed by atoms with Crippen LogP contribution in [0, 0.1) is 0 Å². The van der Waals surface area contributed by atoms with E-state index in [2.05, 4.69) is 30.7 Å². The van der Waals surface area contributed by atoms with Crippen LogP contribution in [-0.2, 0) is 4.74 Å². The van der Waals surface area contributed by atoms with Crippen LogP contribution in [-0.4, -0.2) is 30.8 Å². The number of nitrogens with zero attached hydrogens (tertiary/aromatic N) is 1. The monoisotopic (exact) mass is 211 g/mol. The fourth-order valence-electron chi connectivity index (χ4n) is 1.64. The lowest BCUT2D eigenvalue weighted by atomic mass is 10.1. The van der Waals surface area contributed by atoms with Gasteiger partial charge < -0.3 is 15.8 Å². The van der Waals surface area contributed by atoms with Crippen molar-refractivity contribution in [1.29, 1.82) is 0 Å². The summed E-state index contributed by atoms with van der Waals surface area (Å²) in [5, 5.41) is 2.93. The third-order valence-corrected chi connectivity index (χ3v) is 2.45. The van der Waals surface area contributed by atoms with E-state index in [9.17, 15) is 0 Å². The predicted molar refractivity (Wildman–Crippen MR) is 62.9 cm³/mol. The van der Waals surface area contributed by atoms with Crippen molar-refractivity contribution in [3.8, 4) is 0 Å². The maximum absolute atomic E-state index is 5.79. The van der Waals surface area contributed by atoms with E-state index < -0.39 is 0 Å². The number of rotatable bonds is 4. The lowest BCUT2D eigenvalue weighted by molar-refractivity contribution is -0.0106. The fraction of sp³-hybridized carbons (Fsp3) is 0.727. The van der Waals surface area contributed by atoms with E-state index in [0.29, 0.717) is 19.0 Å². The molecule has 0 aromatic rings. The molecule has 4 nitrogen and oxygen atoms in total. The van der Waals surface area contributed by atoms with Crippen molar-refractivity contribution < 1.29 is 4.74 Å². The lowest BCUT2D eigenvalue weighted by Crippen LogP contribution is -2.32. The van der Waals surface area contributed by atoms with Gasteiger partial charge in [0, 0.05) is 6.54 Å². The van der Waals surface area contributed by atoms with Crippen LogP contribution in [0.15, 0.2) is 17.6 Å². The van der Waals surface area contributed by atoms with Gasteiger partial charge in [-0.25, -0.2) is 0 Å². The Morgan fingerprint density at radius 2 is 2.47 bits per heavy atom. The van der Waals surface area contributed by atoms with Crippen LogP contribution in [0.2, 0.25) is 0 Å². The Bertz CT molecular complexity index is 248. The minimum atomic E-state index is 0.00347. The second-order valence-corrected chi connectivity index (χ2v) is 4.43. The molecule has 4 heteroatoms. The average molecular weight is 211 g/mol. The number of guanidine groups is 1. The number of nitrogens with two attached hydrogens (primary N) is 1. The molecule has 3 N–H and O–H groups in total. The molecule has 86 valence electrons. The first-order chi connectivity index (χ1) is 7.03. The Morgan fingerprint density at radius 3 is 3.00 bits per heavy atom. The quantitative estimate of drug-likeness (QED) is 0.415. The van der Waals surface area contributed by atoms with Gasteiger partial charge in [-0.1, -0.05) is 6.08 Å². The first kappa shape index (κ1) is 12.0. The van der Waals surface area contributed by atoms with Gasteiger partial charge in [-0.3, -0.25) is 4.99 Å². The molecule has 0 bridgehead atoms. The number of hydrogen-bond donors (Lipinski definition) is 2. The Morgan fingerprint density at radius 1 is 1.73 bits per heavy atom. The molecule has 0 spiro atoms. The fourth-order valence-corrected chi connectivity index (χ4v) is 1.64.